The lowest BCUT2D eigenvalue weighted by Gasteiger charge is -2.29. The molecule has 0 aliphatic carbocycles. The molecule has 0 fully saturated rings. The zero-order chi connectivity index (χ0) is 22.0. The van der Waals surface area contributed by atoms with Crippen molar-refractivity contribution in [3.05, 3.63) is 81.7 Å². The Hall–Kier alpha value is -3.13. The molecule has 2 heterocycles. The molecule has 2 aromatic carbocycles. The first kappa shape index (κ1) is 21.1. The van der Waals surface area contributed by atoms with Crippen LogP contribution in [0, 0.1) is 0 Å². The Morgan fingerprint density at radius 1 is 1.23 bits per heavy atom. The van der Waals surface area contributed by atoms with Crippen molar-refractivity contribution in [3.63, 3.8) is 0 Å². The zero-order valence-electron chi connectivity index (χ0n) is 17.5. The Bertz CT molecular complexity index is 1120. The molecule has 1 N–H and O–H groups in total. The van der Waals surface area contributed by atoms with Crippen molar-refractivity contribution in [1.29, 1.82) is 0 Å². The minimum atomic E-state index is -0.548. The molecule has 31 heavy (non-hydrogen) atoms. The highest BCUT2D eigenvalue weighted by Crippen LogP contribution is 2.40. The van der Waals surface area contributed by atoms with Crippen molar-refractivity contribution in [1.82, 2.24) is 14.8 Å². The van der Waals surface area contributed by atoms with Gasteiger partial charge >= 0.3 is 5.97 Å². The predicted octanol–water partition coefficient (Wildman–Crippen LogP) is 4.86. The van der Waals surface area contributed by atoms with E-state index in [4.69, 9.17) is 9.47 Å². The van der Waals surface area contributed by atoms with E-state index in [9.17, 15) is 4.79 Å². The Labute approximate surface area is 189 Å². The van der Waals surface area contributed by atoms with Crippen LogP contribution in [-0.2, 0) is 16.1 Å². The molecule has 3 aromatic rings. The largest absolute Gasteiger partial charge is 0.489 e. The van der Waals surface area contributed by atoms with Crippen LogP contribution in [0.4, 0.5) is 5.95 Å². The number of carbonyl (C=O) groups is 1. The quantitative estimate of drug-likeness (QED) is 0.505. The number of benzene rings is 2. The summed E-state index contributed by atoms with van der Waals surface area (Å²) in [6.07, 6.45) is 1.21. The molecule has 1 atom stereocenters. The molecule has 7 nitrogen and oxygen atoms in total. The van der Waals surface area contributed by atoms with Crippen molar-refractivity contribution in [3.8, 4) is 5.75 Å². The molecule has 1 aliphatic rings. The first-order valence-electron chi connectivity index (χ1n) is 9.98. The molecule has 1 aliphatic heterocycles. The minimum absolute atomic E-state index is 0.248. The third kappa shape index (κ3) is 4.49. The maximum Gasteiger partial charge on any atom is 0.338 e. The van der Waals surface area contributed by atoms with Gasteiger partial charge in [0.2, 0.25) is 5.95 Å². The Kier molecular flexibility index (Phi) is 6.08. The van der Waals surface area contributed by atoms with Crippen LogP contribution in [0.2, 0.25) is 0 Å². The predicted molar refractivity (Wildman–Crippen MR) is 121 cm³/mol. The van der Waals surface area contributed by atoms with Crippen LogP contribution in [0.15, 0.2) is 70.6 Å². The third-order valence-electron chi connectivity index (χ3n) is 4.86. The maximum atomic E-state index is 13.1. The molecule has 1 aromatic heterocycles. The molecule has 0 saturated carbocycles. The fraction of sp³-hybridized carbons (Fsp3) is 0.261. The molecular weight excluding hydrogens is 460 g/mol. The van der Waals surface area contributed by atoms with Gasteiger partial charge in [-0.1, -0.05) is 46.3 Å². The van der Waals surface area contributed by atoms with E-state index in [1.807, 2.05) is 69.3 Å². The van der Waals surface area contributed by atoms with Crippen LogP contribution in [0.1, 0.15) is 37.9 Å². The van der Waals surface area contributed by atoms with Gasteiger partial charge < -0.3 is 14.8 Å². The summed E-state index contributed by atoms with van der Waals surface area (Å²) >= 11 is 3.55. The van der Waals surface area contributed by atoms with Crippen molar-refractivity contribution < 1.29 is 14.3 Å². The van der Waals surface area contributed by atoms with Gasteiger partial charge in [0.25, 0.3) is 0 Å². The summed E-state index contributed by atoms with van der Waals surface area (Å²) in [6, 6.07) is 15.1. The summed E-state index contributed by atoms with van der Waals surface area (Å²) in [7, 11) is 0. The summed E-state index contributed by atoms with van der Waals surface area (Å²) < 4.78 is 14.3. The highest BCUT2D eigenvalue weighted by atomic mass is 79.9. The van der Waals surface area contributed by atoms with E-state index in [2.05, 4.69) is 31.3 Å². The lowest BCUT2D eigenvalue weighted by atomic mass is 9.95. The van der Waals surface area contributed by atoms with Gasteiger partial charge in [-0.15, -0.1) is 0 Å². The van der Waals surface area contributed by atoms with E-state index in [1.54, 1.807) is 4.68 Å². The molecule has 0 amide bonds. The molecular formula is C23H23BrN4O3. The number of hydrogen-bond donors (Lipinski definition) is 1. The normalized spacial score (nSPS) is 15.5. The van der Waals surface area contributed by atoms with Crippen LogP contribution < -0.4 is 10.1 Å². The Balaban J connectivity index is 1.78. The Morgan fingerprint density at radius 3 is 2.74 bits per heavy atom. The second kappa shape index (κ2) is 8.93. The van der Waals surface area contributed by atoms with Gasteiger partial charge in [0, 0.05) is 15.7 Å². The van der Waals surface area contributed by atoms with E-state index < -0.39 is 12.0 Å². The van der Waals surface area contributed by atoms with Crippen molar-refractivity contribution >= 4 is 27.8 Å². The number of carbonyl (C=O) groups excluding carboxylic acids is 1. The number of aromatic nitrogens is 3. The van der Waals surface area contributed by atoms with Gasteiger partial charge in [-0.25, -0.2) is 9.48 Å². The molecule has 0 bridgehead atoms. The number of halogens is 1. The SMILES string of the molecule is CC1=C(C(=O)OC(C)C)[C@@H](c2cc(Br)ccc2OCc2ccccc2)n2ncnc2N1. The number of rotatable bonds is 6. The molecule has 0 unspecified atom stereocenters. The lowest BCUT2D eigenvalue weighted by molar-refractivity contribution is -0.143. The van der Waals surface area contributed by atoms with Crippen molar-refractivity contribution in [2.75, 3.05) is 5.32 Å². The summed E-state index contributed by atoms with van der Waals surface area (Å²) in [6.45, 7) is 5.89. The second-order valence-electron chi connectivity index (χ2n) is 7.50. The average Bonchev–Trinajstić information content (AvgIpc) is 3.20. The van der Waals surface area contributed by atoms with E-state index in [1.165, 1.54) is 6.33 Å². The number of nitrogens with one attached hydrogen (secondary N) is 1. The Morgan fingerprint density at radius 2 is 2.00 bits per heavy atom. The monoisotopic (exact) mass is 482 g/mol. The van der Waals surface area contributed by atoms with Crippen LogP contribution in [0.3, 0.4) is 0 Å². The van der Waals surface area contributed by atoms with Gasteiger partial charge in [0.1, 0.15) is 24.7 Å². The van der Waals surface area contributed by atoms with Crippen molar-refractivity contribution in [2.45, 2.75) is 39.5 Å². The summed E-state index contributed by atoms with van der Waals surface area (Å²) in [5.41, 5.74) is 2.97. The molecule has 4 rings (SSSR count). The number of allylic oxidation sites excluding steroid dienone is 1. The summed E-state index contributed by atoms with van der Waals surface area (Å²) in [4.78, 5) is 17.4. The molecule has 0 spiro atoms. The first-order valence-corrected chi connectivity index (χ1v) is 10.8. The van der Waals surface area contributed by atoms with E-state index in [0.29, 0.717) is 29.6 Å². The molecule has 0 radical (unpaired) electrons. The minimum Gasteiger partial charge on any atom is -0.489 e. The smallest absolute Gasteiger partial charge is 0.338 e. The molecule has 160 valence electrons. The van der Waals surface area contributed by atoms with Gasteiger partial charge in [0.05, 0.1) is 11.7 Å². The van der Waals surface area contributed by atoms with Crippen LogP contribution in [0.5, 0.6) is 5.75 Å². The van der Waals surface area contributed by atoms with Gasteiger partial charge in [-0.3, -0.25) is 0 Å². The van der Waals surface area contributed by atoms with Gasteiger partial charge in [0.15, 0.2) is 0 Å². The average molecular weight is 483 g/mol. The van der Waals surface area contributed by atoms with Gasteiger partial charge in [-0.05, 0) is 44.5 Å². The number of fused-ring (bicyclic) bond motifs is 1. The van der Waals surface area contributed by atoms with E-state index in [-0.39, 0.29) is 6.10 Å². The fourth-order valence-electron chi connectivity index (χ4n) is 3.52. The standard InChI is InChI=1S/C23H23BrN4O3/c1-14(2)31-22(29)20-15(3)27-23-25-13-26-28(23)21(20)18-11-17(24)9-10-19(18)30-12-16-7-5-4-6-8-16/h4-11,13-14,21H,12H2,1-3H3,(H,25,26,27)/t21-/m1/s1. The van der Waals surface area contributed by atoms with E-state index >= 15 is 0 Å². The van der Waals surface area contributed by atoms with Crippen LogP contribution in [-0.4, -0.2) is 26.8 Å². The van der Waals surface area contributed by atoms with E-state index in [0.717, 1.165) is 15.6 Å². The van der Waals surface area contributed by atoms with Crippen LogP contribution in [0.25, 0.3) is 0 Å². The number of nitrogens with zero attached hydrogens (tertiary/aromatic N) is 3. The maximum absolute atomic E-state index is 13.1. The lowest BCUT2D eigenvalue weighted by Crippen LogP contribution is -2.31. The highest BCUT2D eigenvalue weighted by molar-refractivity contribution is 9.10. The molecule has 8 heteroatoms. The number of esters is 1. The first-order chi connectivity index (χ1) is 14.9. The third-order valence-corrected chi connectivity index (χ3v) is 5.35. The number of hydrogen-bond acceptors (Lipinski definition) is 6. The summed E-state index contributed by atoms with van der Waals surface area (Å²) in [5.74, 6) is 0.806. The fourth-order valence-corrected chi connectivity index (χ4v) is 3.90. The van der Waals surface area contributed by atoms with Crippen molar-refractivity contribution in [2.24, 2.45) is 0 Å². The number of ether oxygens (including phenoxy) is 2. The summed E-state index contributed by atoms with van der Waals surface area (Å²) in [5, 5.41) is 7.53. The zero-order valence-corrected chi connectivity index (χ0v) is 19.1. The highest BCUT2D eigenvalue weighted by Gasteiger charge is 2.36. The van der Waals surface area contributed by atoms with Crippen LogP contribution >= 0.6 is 15.9 Å². The van der Waals surface area contributed by atoms with Gasteiger partial charge in [-0.2, -0.15) is 10.1 Å². The molecule has 0 saturated heterocycles. The topological polar surface area (TPSA) is 78.3 Å². The number of anilines is 1. The second-order valence-corrected chi connectivity index (χ2v) is 8.42.